The third-order valence-corrected chi connectivity index (χ3v) is 2.24. The lowest BCUT2D eigenvalue weighted by molar-refractivity contribution is 0.0349. The highest BCUT2D eigenvalue weighted by Gasteiger charge is 2.14. The van der Waals surface area contributed by atoms with E-state index in [2.05, 4.69) is 15.5 Å². The van der Waals surface area contributed by atoms with Crippen molar-refractivity contribution in [3.05, 3.63) is 0 Å². The predicted molar refractivity (Wildman–Crippen MR) is 54.3 cm³/mol. The van der Waals surface area contributed by atoms with Gasteiger partial charge in [0, 0.05) is 32.7 Å². The van der Waals surface area contributed by atoms with Crippen molar-refractivity contribution in [1.29, 1.82) is 0 Å². The SMILES string of the molecule is CNC(=O)NC(C)CN1CCOCC1. The summed E-state index contributed by atoms with van der Waals surface area (Å²) >= 11 is 0. The Balaban J connectivity index is 2.18. The molecule has 2 amide bonds. The molecule has 1 saturated heterocycles. The molecular formula is C9H19N3O2. The fraction of sp³-hybridized carbons (Fsp3) is 0.889. The van der Waals surface area contributed by atoms with Crippen molar-refractivity contribution in [1.82, 2.24) is 15.5 Å². The van der Waals surface area contributed by atoms with Gasteiger partial charge in [-0.2, -0.15) is 0 Å². The molecule has 82 valence electrons. The number of rotatable bonds is 3. The van der Waals surface area contributed by atoms with Crippen LogP contribution >= 0.6 is 0 Å². The lowest BCUT2D eigenvalue weighted by Crippen LogP contribution is -2.47. The molecule has 2 N–H and O–H groups in total. The van der Waals surface area contributed by atoms with Crippen LogP contribution in [0, 0.1) is 0 Å². The molecule has 0 aromatic carbocycles. The van der Waals surface area contributed by atoms with Gasteiger partial charge in [0.1, 0.15) is 0 Å². The lowest BCUT2D eigenvalue weighted by atomic mass is 10.3. The van der Waals surface area contributed by atoms with Gasteiger partial charge in [-0.1, -0.05) is 0 Å². The standard InChI is InChI=1S/C9H19N3O2/c1-8(11-9(13)10-2)7-12-3-5-14-6-4-12/h8H,3-7H2,1-2H3,(H2,10,11,13). The van der Waals surface area contributed by atoms with Gasteiger partial charge in [0.15, 0.2) is 0 Å². The zero-order valence-corrected chi connectivity index (χ0v) is 8.88. The number of urea groups is 1. The summed E-state index contributed by atoms with van der Waals surface area (Å²) in [5.74, 6) is 0. The Morgan fingerprint density at radius 1 is 1.50 bits per heavy atom. The zero-order chi connectivity index (χ0) is 10.4. The van der Waals surface area contributed by atoms with E-state index < -0.39 is 0 Å². The maximum atomic E-state index is 11.0. The summed E-state index contributed by atoms with van der Waals surface area (Å²) in [6.07, 6.45) is 0. The van der Waals surface area contributed by atoms with E-state index >= 15 is 0 Å². The number of amides is 2. The van der Waals surface area contributed by atoms with Crippen molar-refractivity contribution >= 4 is 6.03 Å². The average molecular weight is 201 g/mol. The van der Waals surface area contributed by atoms with Gasteiger partial charge in [0.2, 0.25) is 0 Å². The molecule has 1 rings (SSSR count). The van der Waals surface area contributed by atoms with Gasteiger partial charge in [0.25, 0.3) is 0 Å². The molecule has 14 heavy (non-hydrogen) atoms. The number of hydrogen-bond donors (Lipinski definition) is 2. The number of ether oxygens (including phenoxy) is 1. The predicted octanol–water partition coefficient (Wildman–Crippen LogP) is -0.364. The molecule has 1 unspecified atom stereocenters. The van der Waals surface area contributed by atoms with E-state index in [0.717, 1.165) is 32.8 Å². The highest BCUT2D eigenvalue weighted by molar-refractivity contribution is 5.73. The summed E-state index contributed by atoms with van der Waals surface area (Å²) in [5, 5.41) is 5.38. The zero-order valence-electron chi connectivity index (χ0n) is 8.88. The second-order valence-corrected chi connectivity index (χ2v) is 3.54. The molecule has 0 radical (unpaired) electrons. The molecule has 0 aliphatic carbocycles. The van der Waals surface area contributed by atoms with Crippen molar-refractivity contribution in [2.75, 3.05) is 39.9 Å². The van der Waals surface area contributed by atoms with Gasteiger partial charge >= 0.3 is 6.03 Å². The molecule has 1 atom stereocenters. The highest BCUT2D eigenvalue weighted by Crippen LogP contribution is 1.97. The minimum atomic E-state index is -0.120. The number of carbonyl (C=O) groups excluding carboxylic acids is 1. The van der Waals surface area contributed by atoms with Crippen molar-refractivity contribution in [3.63, 3.8) is 0 Å². The molecule has 1 heterocycles. The Hall–Kier alpha value is -0.810. The third kappa shape index (κ3) is 3.93. The van der Waals surface area contributed by atoms with Crippen LogP contribution in [0.25, 0.3) is 0 Å². The van der Waals surface area contributed by atoms with E-state index in [9.17, 15) is 4.79 Å². The van der Waals surface area contributed by atoms with Crippen LogP contribution in [0.5, 0.6) is 0 Å². The first-order valence-corrected chi connectivity index (χ1v) is 5.00. The topological polar surface area (TPSA) is 53.6 Å². The number of hydrogen-bond acceptors (Lipinski definition) is 3. The van der Waals surface area contributed by atoms with Crippen molar-refractivity contribution < 1.29 is 9.53 Å². The largest absolute Gasteiger partial charge is 0.379 e. The van der Waals surface area contributed by atoms with Crippen molar-refractivity contribution in [2.45, 2.75) is 13.0 Å². The first-order chi connectivity index (χ1) is 6.72. The van der Waals surface area contributed by atoms with Gasteiger partial charge in [0.05, 0.1) is 13.2 Å². The minimum Gasteiger partial charge on any atom is -0.379 e. The van der Waals surface area contributed by atoms with Crippen LogP contribution in [-0.4, -0.2) is 56.9 Å². The van der Waals surface area contributed by atoms with Crippen LogP contribution in [0.4, 0.5) is 4.79 Å². The van der Waals surface area contributed by atoms with Gasteiger partial charge in [-0.3, -0.25) is 4.90 Å². The Bertz CT molecular complexity index is 181. The van der Waals surface area contributed by atoms with E-state index in [0.29, 0.717) is 0 Å². The molecule has 0 spiro atoms. The molecular weight excluding hydrogens is 182 g/mol. The van der Waals surface area contributed by atoms with Crippen molar-refractivity contribution in [3.8, 4) is 0 Å². The van der Waals surface area contributed by atoms with E-state index in [-0.39, 0.29) is 12.1 Å². The molecule has 1 aliphatic rings. The fourth-order valence-corrected chi connectivity index (χ4v) is 1.51. The Kier molecular flexibility index (Phi) is 4.69. The normalized spacial score (nSPS) is 20.1. The molecule has 0 bridgehead atoms. The second kappa shape index (κ2) is 5.82. The Morgan fingerprint density at radius 3 is 2.71 bits per heavy atom. The maximum Gasteiger partial charge on any atom is 0.314 e. The number of morpholine rings is 1. The number of carbonyl (C=O) groups is 1. The van der Waals surface area contributed by atoms with Gasteiger partial charge < -0.3 is 15.4 Å². The summed E-state index contributed by atoms with van der Waals surface area (Å²) < 4.78 is 5.24. The van der Waals surface area contributed by atoms with Crippen LogP contribution in [0.15, 0.2) is 0 Å². The number of nitrogens with zero attached hydrogens (tertiary/aromatic N) is 1. The van der Waals surface area contributed by atoms with E-state index in [1.807, 2.05) is 6.92 Å². The van der Waals surface area contributed by atoms with Crippen LogP contribution < -0.4 is 10.6 Å². The summed E-state index contributed by atoms with van der Waals surface area (Å²) in [4.78, 5) is 13.3. The third-order valence-electron chi connectivity index (χ3n) is 2.24. The van der Waals surface area contributed by atoms with Gasteiger partial charge in [-0.15, -0.1) is 0 Å². The average Bonchev–Trinajstić information content (AvgIpc) is 2.19. The van der Waals surface area contributed by atoms with Crippen LogP contribution in [0.3, 0.4) is 0 Å². The van der Waals surface area contributed by atoms with Crippen LogP contribution in [0.2, 0.25) is 0 Å². The molecule has 5 heteroatoms. The molecule has 1 fully saturated rings. The molecule has 1 aliphatic heterocycles. The smallest absolute Gasteiger partial charge is 0.314 e. The Morgan fingerprint density at radius 2 is 2.14 bits per heavy atom. The molecule has 5 nitrogen and oxygen atoms in total. The highest BCUT2D eigenvalue weighted by atomic mass is 16.5. The van der Waals surface area contributed by atoms with Gasteiger partial charge in [-0.25, -0.2) is 4.79 Å². The van der Waals surface area contributed by atoms with Crippen molar-refractivity contribution in [2.24, 2.45) is 0 Å². The Labute approximate surface area is 84.8 Å². The summed E-state index contributed by atoms with van der Waals surface area (Å²) in [7, 11) is 1.62. The first-order valence-electron chi connectivity index (χ1n) is 5.00. The first kappa shape index (κ1) is 11.3. The summed E-state index contributed by atoms with van der Waals surface area (Å²) in [5.41, 5.74) is 0. The minimum absolute atomic E-state index is 0.120. The maximum absolute atomic E-state index is 11.0. The summed E-state index contributed by atoms with van der Waals surface area (Å²) in [6.45, 7) is 6.40. The monoisotopic (exact) mass is 201 g/mol. The summed E-state index contributed by atoms with van der Waals surface area (Å²) in [6, 6.07) is 0.0545. The van der Waals surface area contributed by atoms with E-state index in [1.165, 1.54) is 0 Å². The van der Waals surface area contributed by atoms with E-state index in [4.69, 9.17) is 4.74 Å². The van der Waals surface area contributed by atoms with Gasteiger partial charge in [-0.05, 0) is 6.92 Å². The molecule has 0 saturated carbocycles. The lowest BCUT2D eigenvalue weighted by Gasteiger charge is -2.29. The quantitative estimate of drug-likeness (QED) is 0.655. The molecule has 0 aromatic heterocycles. The van der Waals surface area contributed by atoms with Crippen LogP contribution in [-0.2, 0) is 4.74 Å². The molecule has 0 aromatic rings. The van der Waals surface area contributed by atoms with E-state index in [1.54, 1.807) is 7.05 Å². The second-order valence-electron chi connectivity index (χ2n) is 3.54. The van der Waals surface area contributed by atoms with Crippen LogP contribution in [0.1, 0.15) is 6.92 Å². The number of nitrogens with one attached hydrogen (secondary N) is 2. The fourth-order valence-electron chi connectivity index (χ4n) is 1.51.